The van der Waals surface area contributed by atoms with Crippen molar-refractivity contribution in [2.45, 2.75) is 9.79 Å². The summed E-state index contributed by atoms with van der Waals surface area (Å²) in [6.45, 7) is 0. The van der Waals surface area contributed by atoms with E-state index in [9.17, 15) is 16.8 Å². The Balaban J connectivity index is 0.000000161. The number of hydrogen-bond acceptors (Lipinski definition) is 10. The first-order valence-corrected chi connectivity index (χ1v) is 9.90. The van der Waals surface area contributed by atoms with Crippen LogP contribution in [-0.4, -0.2) is 66.7 Å². The van der Waals surface area contributed by atoms with Gasteiger partial charge in [0.25, 0.3) is 20.2 Å². The van der Waals surface area contributed by atoms with Crippen LogP contribution in [0.4, 0.5) is 0 Å². The molecule has 2 aromatic heterocycles. The zero-order chi connectivity index (χ0) is 20.7. The van der Waals surface area contributed by atoms with Crippen LogP contribution in [0.2, 0.25) is 0 Å². The molecule has 0 aliphatic rings. The molecule has 0 bridgehead atoms. The first-order valence-electron chi connectivity index (χ1n) is 7.02. The molecule has 0 saturated carbocycles. The number of benzene rings is 2. The molecule has 0 radical (unpaired) electrons. The predicted octanol–water partition coefficient (Wildman–Crippen LogP) is -0.169. The lowest BCUT2D eigenvalue weighted by Crippen LogP contribution is -1.99. The van der Waals surface area contributed by atoms with E-state index in [0.29, 0.717) is 9.69 Å². The van der Waals surface area contributed by atoms with E-state index in [1.54, 1.807) is 0 Å². The maximum absolute atomic E-state index is 10.9. The Morgan fingerprint density at radius 3 is 1.36 bits per heavy atom. The molecule has 0 aliphatic heterocycles. The highest BCUT2D eigenvalue weighted by atomic mass is 32.2. The fraction of sp³-hybridized carbons (Fsp3) is 0. The van der Waals surface area contributed by atoms with Crippen molar-refractivity contribution in [3.05, 3.63) is 36.4 Å². The molecule has 0 atom stereocenters. The summed E-state index contributed by atoms with van der Waals surface area (Å²) in [5, 5.41) is 31.4. The molecule has 2 heterocycles. The summed E-state index contributed by atoms with van der Waals surface area (Å²) in [5.74, 6) is 0. The quantitative estimate of drug-likeness (QED) is 0.241. The third-order valence-corrected chi connectivity index (χ3v) is 5.17. The molecule has 28 heavy (non-hydrogen) atoms. The molecule has 14 nitrogen and oxygen atoms in total. The molecule has 16 heteroatoms. The van der Waals surface area contributed by atoms with Crippen molar-refractivity contribution in [1.29, 1.82) is 0 Å². The highest BCUT2D eigenvalue weighted by Gasteiger charge is 2.18. The first kappa shape index (κ1) is 19.4. The van der Waals surface area contributed by atoms with Crippen molar-refractivity contribution >= 4 is 42.3 Å². The number of nitrogens with zero attached hydrogens (tertiary/aromatic N) is 6. The van der Waals surface area contributed by atoms with Crippen LogP contribution in [0.25, 0.3) is 22.1 Å². The van der Waals surface area contributed by atoms with Crippen molar-refractivity contribution < 1.29 is 36.4 Å². The minimum atomic E-state index is -4.34. The van der Waals surface area contributed by atoms with Gasteiger partial charge in [-0.15, -0.1) is 10.2 Å². The number of aromatic nitrogens is 6. The lowest BCUT2D eigenvalue weighted by atomic mass is 10.3. The Morgan fingerprint density at radius 2 is 1.04 bits per heavy atom. The summed E-state index contributed by atoms with van der Waals surface area (Å²) in [6.07, 6.45) is 0. The predicted molar refractivity (Wildman–Crippen MR) is 89.1 cm³/mol. The van der Waals surface area contributed by atoms with Gasteiger partial charge < -0.3 is 10.4 Å². The molecule has 148 valence electrons. The van der Waals surface area contributed by atoms with Crippen LogP contribution in [0.5, 0.6) is 0 Å². The summed E-state index contributed by atoms with van der Waals surface area (Å²) in [5.41, 5.74) is 0.0789. The molecular weight excluding hydrogens is 420 g/mol. The van der Waals surface area contributed by atoms with Gasteiger partial charge in [0, 0.05) is 0 Å². The summed E-state index contributed by atoms with van der Waals surface area (Å²) in [7, 11) is -8.69. The van der Waals surface area contributed by atoms with Crippen LogP contribution < -0.4 is 0 Å². The van der Waals surface area contributed by atoms with Crippen LogP contribution >= 0.6 is 0 Å². The van der Waals surface area contributed by atoms with Crippen molar-refractivity contribution in [2.24, 2.45) is 0 Å². The second-order valence-corrected chi connectivity index (χ2v) is 7.94. The molecule has 4 aromatic rings. The van der Waals surface area contributed by atoms with Crippen LogP contribution in [0.3, 0.4) is 0 Å². The van der Waals surface area contributed by atoms with Gasteiger partial charge in [-0.25, -0.2) is 0 Å². The standard InChI is InChI=1S/2C6H5N3O4S/c2*10-9-4-2-1-3-5(14(11,12)13)6(4)7-8-9/h2*1-3,10H,(H,11,12,13). The smallest absolute Gasteiger partial charge is 0.296 e. The number of rotatable bonds is 2. The van der Waals surface area contributed by atoms with Gasteiger partial charge in [0.1, 0.15) is 31.9 Å². The van der Waals surface area contributed by atoms with Gasteiger partial charge in [0.2, 0.25) is 0 Å². The van der Waals surface area contributed by atoms with Crippen LogP contribution in [0, 0.1) is 0 Å². The minimum absolute atomic E-state index is 0.0718. The minimum Gasteiger partial charge on any atom is -0.410 e. The van der Waals surface area contributed by atoms with E-state index in [2.05, 4.69) is 20.6 Å². The summed E-state index contributed by atoms with van der Waals surface area (Å²) >= 11 is 0. The Hall–Kier alpha value is -3.34. The Kier molecular flexibility index (Phi) is 4.63. The van der Waals surface area contributed by atoms with Gasteiger partial charge in [0.15, 0.2) is 0 Å². The van der Waals surface area contributed by atoms with Gasteiger partial charge in [-0.1, -0.05) is 21.8 Å². The first-order chi connectivity index (χ1) is 13.0. The average Bonchev–Trinajstić information content (AvgIpc) is 3.17. The van der Waals surface area contributed by atoms with Crippen LogP contribution in [0.15, 0.2) is 46.2 Å². The maximum Gasteiger partial charge on any atom is 0.296 e. The van der Waals surface area contributed by atoms with E-state index in [0.717, 1.165) is 0 Å². The molecule has 0 unspecified atom stereocenters. The van der Waals surface area contributed by atoms with Crippen molar-refractivity contribution in [1.82, 2.24) is 30.3 Å². The number of fused-ring (bicyclic) bond motifs is 2. The van der Waals surface area contributed by atoms with E-state index in [4.69, 9.17) is 19.5 Å². The Bertz CT molecular complexity index is 1280. The molecular formula is C12H10N6O8S2. The van der Waals surface area contributed by atoms with Crippen molar-refractivity contribution in [3.63, 3.8) is 0 Å². The Morgan fingerprint density at radius 1 is 0.679 bits per heavy atom. The maximum atomic E-state index is 10.9. The molecule has 0 fully saturated rings. The van der Waals surface area contributed by atoms with Crippen LogP contribution in [0.1, 0.15) is 0 Å². The third-order valence-electron chi connectivity index (χ3n) is 3.40. The third kappa shape index (κ3) is 3.56. The van der Waals surface area contributed by atoms with E-state index in [1.165, 1.54) is 36.4 Å². The highest BCUT2D eigenvalue weighted by Crippen LogP contribution is 2.20. The lowest BCUT2D eigenvalue weighted by molar-refractivity contribution is 0.154. The zero-order valence-electron chi connectivity index (χ0n) is 13.4. The van der Waals surface area contributed by atoms with Gasteiger partial charge in [-0.2, -0.15) is 16.8 Å². The molecule has 0 spiro atoms. The molecule has 0 aliphatic carbocycles. The lowest BCUT2D eigenvalue weighted by Gasteiger charge is -1.96. The van der Waals surface area contributed by atoms with Gasteiger partial charge in [0.05, 0.1) is 0 Å². The van der Waals surface area contributed by atoms with Crippen molar-refractivity contribution in [3.8, 4) is 0 Å². The Labute approximate surface area is 155 Å². The largest absolute Gasteiger partial charge is 0.410 e. The summed E-state index contributed by atoms with van der Waals surface area (Å²) < 4.78 is 61.0. The number of hydrogen-bond donors (Lipinski definition) is 4. The second kappa shape index (κ2) is 6.68. The van der Waals surface area contributed by atoms with E-state index in [1.807, 2.05) is 0 Å². The van der Waals surface area contributed by atoms with Crippen molar-refractivity contribution in [2.75, 3.05) is 0 Å². The fourth-order valence-electron chi connectivity index (χ4n) is 2.23. The molecule has 0 saturated heterocycles. The molecule has 2 aromatic carbocycles. The van der Waals surface area contributed by atoms with Gasteiger partial charge in [-0.05, 0) is 34.7 Å². The average molecular weight is 430 g/mol. The highest BCUT2D eigenvalue weighted by molar-refractivity contribution is 7.86. The normalized spacial score (nSPS) is 12.1. The fourth-order valence-corrected chi connectivity index (χ4v) is 3.51. The topological polar surface area (TPSA) is 211 Å². The molecule has 4 N–H and O–H groups in total. The second-order valence-electron chi connectivity index (χ2n) is 5.16. The van der Waals surface area contributed by atoms with E-state index >= 15 is 0 Å². The molecule has 4 rings (SSSR count). The molecule has 0 amide bonds. The monoisotopic (exact) mass is 430 g/mol. The summed E-state index contributed by atoms with van der Waals surface area (Å²) in [6, 6.07) is 7.91. The zero-order valence-corrected chi connectivity index (χ0v) is 15.0. The van der Waals surface area contributed by atoms with Crippen LogP contribution in [-0.2, 0) is 20.2 Å². The van der Waals surface area contributed by atoms with E-state index < -0.39 is 20.2 Å². The van der Waals surface area contributed by atoms with Gasteiger partial charge in [-0.3, -0.25) is 9.11 Å². The van der Waals surface area contributed by atoms with Gasteiger partial charge >= 0.3 is 0 Å². The summed E-state index contributed by atoms with van der Waals surface area (Å²) in [4.78, 5) is 0.110. The van der Waals surface area contributed by atoms with E-state index in [-0.39, 0.29) is 31.9 Å². The SMILES string of the molecule is O=S(=O)(O)c1cccc2c1nnn2O.O=S(=O)(O)c1cccc2c1nnn2O.